The lowest BCUT2D eigenvalue weighted by Gasteiger charge is -2.23. The number of carbonyl (C=O) groups excluding carboxylic acids is 1. The Morgan fingerprint density at radius 3 is 2.50 bits per heavy atom. The van der Waals surface area contributed by atoms with Crippen LogP contribution in [0.3, 0.4) is 0 Å². The molecule has 0 aliphatic heterocycles. The second kappa shape index (κ2) is 5.84. The molecule has 1 unspecified atom stereocenters. The zero-order valence-electron chi connectivity index (χ0n) is 9.90. The van der Waals surface area contributed by atoms with Gasteiger partial charge in [-0.25, -0.2) is 0 Å². The predicted octanol–water partition coefficient (Wildman–Crippen LogP) is 0.450. The molecule has 1 saturated carbocycles. The summed E-state index contributed by atoms with van der Waals surface area (Å²) in [7, 11) is 1.65. The van der Waals surface area contributed by atoms with Gasteiger partial charge in [0.1, 0.15) is 0 Å². The Morgan fingerprint density at radius 1 is 1.44 bits per heavy atom. The number of nitrogens with one attached hydrogen (secondary N) is 1. The van der Waals surface area contributed by atoms with Crippen LogP contribution in [0.25, 0.3) is 0 Å². The molecule has 1 aliphatic rings. The Hall–Kier alpha value is -1.10. The first kappa shape index (κ1) is 13.0. The molecule has 1 aliphatic carbocycles. The van der Waals surface area contributed by atoms with E-state index in [9.17, 15) is 9.59 Å². The maximum atomic E-state index is 11.8. The zero-order chi connectivity index (χ0) is 12.1. The van der Waals surface area contributed by atoms with Gasteiger partial charge in [-0.2, -0.15) is 0 Å². The second-order valence-corrected chi connectivity index (χ2v) is 4.47. The van der Waals surface area contributed by atoms with Crippen LogP contribution in [-0.2, 0) is 9.59 Å². The van der Waals surface area contributed by atoms with Crippen molar-refractivity contribution in [3.05, 3.63) is 0 Å². The van der Waals surface area contributed by atoms with Gasteiger partial charge in [-0.15, -0.1) is 0 Å². The maximum Gasteiger partial charge on any atom is 0.317 e. The quantitative estimate of drug-likeness (QED) is 0.717. The molecule has 1 fully saturated rings. The van der Waals surface area contributed by atoms with Crippen LogP contribution in [0.2, 0.25) is 0 Å². The van der Waals surface area contributed by atoms with Gasteiger partial charge in [-0.1, -0.05) is 12.8 Å². The van der Waals surface area contributed by atoms with Gasteiger partial charge in [0.05, 0.1) is 12.6 Å². The summed E-state index contributed by atoms with van der Waals surface area (Å²) in [6, 6.07) is -0.107. The molecule has 0 heterocycles. The monoisotopic (exact) mass is 228 g/mol. The van der Waals surface area contributed by atoms with Crippen molar-refractivity contribution in [2.45, 2.75) is 44.7 Å². The lowest BCUT2D eigenvalue weighted by molar-refractivity contribution is -0.139. The Morgan fingerprint density at radius 2 is 2.00 bits per heavy atom. The number of amides is 1. The first-order valence-corrected chi connectivity index (χ1v) is 5.73. The van der Waals surface area contributed by atoms with Crippen LogP contribution >= 0.6 is 0 Å². The smallest absolute Gasteiger partial charge is 0.317 e. The van der Waals surface area contributed by atoms with Crippen LogP contribution in [0.15, 0.2) is 0 Å². The molecule has 0 aromatic heterocycles. The van der Waals surface area contributed by atoms with E-state index >= 15 is 0 Å². The van der Waals surface area contributed by atoms with Crippen LogP contribution < -0.4 is 5.32 Å². The molecule has 1 rings (SSSR count). The summed E-state index contributed by atoms with van der Waals surface area (Å²) < 4.78 is 0. The summed E-state index contributed by atoms with van der Waals surface area (Å²) in [4.78, 5) is 23.8. The number of hydrogen-bond donors (Lipinski definition) is 2. The number of nitrogens with zero attached hydrogens (tertiary/aromatic N) is 1. The van der Waals surface area contributed by atoms with E-state index in [1.54, 1.807) is 14.0 Å². The molecule has 1 amide bonds. The number of aliphatic carboxylic acids is 1. The first-order valence-electron chi connectivity index (χ1n) is 5.73. The Kier molecular flexibility index (Phi) is 4.73. The summed E-state index contributed by atoms with van der Waals surface area (Å²) in [5.74, 6) is -0.987. The molecule has 0 bridgehead atoms. The molecule has 0 spiro atoms. The molecule has 0 aromatic carbocycles. The van der Waals surface area contributed by atoms with E-state index in [0.717, 1.165) is 12.8 Å². The average Bonchev–Trinajstić information content (AvgIpc) is 2.68. The lowest BCUT2D eigenvalue weighted by Crippen LogP contribution is -2.47. The number of likely N-dealkylation sites (N-methyl/N-ethyl adjacent to an activating group) is 1. The summed E-state index contributed by atoms with van der Waals surface area (Å²) in [5, 5.41) is 11.6. The summed E-state index contributed by atoms with van der Waals surface area (Å²) in [6.07, 6.45) is 4.43. The molecule has 0 radical (unpaired) electrons. The van der Waals surface area contributed by atoms with E-state index in [2.05, 4.69) is 5.32 Å². The highest BCUT2D eigenvalue weighted by atomic mass is 16.4. The Balaban J connectivity index is 2.36. The fraction of sp³-hybridized carbons (Fsp3) is 0.818. The number of hydrogen-bond acceptors (Lipinski definition) is 3. The van der Waals surface area contributed by atoms with E-state index < -0.39 is 12.0 Å². The number of carbonyl (C=O) groups is 2. The van der Waals surface area contributed by atoms with Crippen LogP contribution in [0.5, 0.6) is 0 Å². The minimum atomic E-state index is -0.914. The summed E-state index contributed by atoms with van der Waals surface area (Å²) >= 11 is 0. The molecular weight excluding hydrogens is 208 g/mol. The van der Waals surface area contributed by atoms with Crippen molar-refractivity contribution in [2.75, 3.05) is 13.6 Å². The zero-order valence-corrected chi connectivity index (χ0v) is 9.90. The Labute approximate surface area is 95.8 Å². The normalized spacial score (nSPS) is 18.7. The van der Waals surface area contributed by atoms with Gasteiger partial charge in [0.15, 0.2) is 0 Å². The molecule has 0 aromatic rings. The van der Waals surface area contributed by atoms with E-state index in [0.29, 0.717) is 0 Å². The van der Waals surface area contributed by atoms with Crippen LogP contribution in [0.4, 0.5) is 0 Å². The molecular formula is C11H20N2O3. The highest BCUT2D eigenvalue weighted by molar-refractivity contribution is 5.82. The molecule has 5 heteroatoms. The van der Waals surface area contributed by atoms with Crippen molar-refractivity contribution in [2.24, 2.45) is 0 Å². The van der Waals surface area contributed by atoms with Crippen LogP contribution in [0.1, 0.15) is 32.6 Å². The van der Waals surface area contributed by atoms with Gasteiger partial charge in [-0.3, -0.25) is 14.5 Å². The summed E-state index contributed by atoms with van der Waals surface area (Å²) in [5.41, 5.74) is 0. The van der Waals surface area contributed by atoms with Gasteiger partial charge in [-0.05, 0) is 26.8 Å². The number of carboxylic acid groups (broad SMARTS) is 1. The molecule has 16 heavy (non-hydrogen) atoms. The SMILES string of the molecule is CC(C(=O)NC1CCCC1)N(C)CC(=O)O. The van der Waals surface area contributed by atoms with Crippen molar-refractivity contribution in [3.8, 4) is 0 Å². The molecule has 5 nitrogen and oxygen atoms in total. The van der Waals surface area contributed by atoms with E-state index in [1.807, 2.05) is 0 Å². The maximum absolute atomic E-state index is 11.8. The highest BCUT2D eigenvalue weighted by Gasteiger charge is 2.23. The van der Waals surface area contributed by atoms with Gasteiger partial charge < -0.3 is 10.4 Å². The molecule has 0 saturated heterocycles. The minimum Gasteiger partial charge on any atom is -0.480 e. The number of rotatable bonds is 5. The van der Waals surface area contributed by atoms with Crippen molar-refractivity contribution in [3.63, 3.8) is 0 Å². The average molecular weight is 228 g/mol. The third-order valence-electron chi connectivity index (χ3n) is 3.13. The predicted molar refractivity (Wildman–Crippen MR) is 60.1 cm³/mol. The largest absolute Gasteiger partial charge is 0.480 e. The van der Waals surface area contributed by atoms with Gasteiger partial charge in [0.2, 0.25) is 5.91 Å². The fourth-order valence-corrected chi connectivity index (χ4v) is 1.94. The third-order valence-corrected chi connectivity index (χ3v) is 3.13. The van der Waals surface area contributed by atoms with E-state index in [1.165, 1.54) is 17.7 Å². The molecule has 1 atom stereocenters. The fourth-order valence-electron chi connectivity index (χ4n) is 1.94. The van der Waals surface area contributed by atoms with E-state index in [4.69, 9.17) is 5.11 Å². The van der Waals surface area contributed by atoms with Crippen molar-refractivity contribution >= 4 is 11.9 Å². The van der Waals surface area contributed by atoms with Crippen molar-refractivity contribution < 1.29 is 14.7 Å². The van der Waals surface area contributed by atoms with Crippen molar-refractivity contribution in [1.29, 1.82) is 0 Å². The lowest BCUT2D eigenvalue weighted by atomic mass is 10.2. The second-order valence-electron chi connectivity index (χ2n) is 4.47. The Bertz CT molecular complexity index is 262. The number of carboxylic acids is 1. The highest BCUT2D eigenvalue weighted by Crippen LogP contribution is 2.17. The topological polar surface area (TPSA) is 69.6 Å². The van der Waals surface area contributed by atoms with Crippen molar-refractivity contribution in [1.82, 2.24) is 10.2 Å². The molecule has 92 valence electrons. The van der Waals surface area contributed by atoms with Gasteiger partial charge in [0.25, 0.3) is 0 Å². The van der Waals surface area contributed by atoms with E-state index in [-0.39, 0.29) is 18.5 Å². The first-order chi connectivity index (χ1) is 7.50. The third kappa shape index (κ3) is 3.81. The van der Waals surface area contributed by atoms with Gasteiger partial charge in [0, 0.05) is 6.04 Å². The van der Waals surface area contributed by atoms with Crippen LogP contribution in [-0.4, -0.2) is 47.6 Å². The van der Waals surface area contributed by atoms with Gasteiger partial charge >= 0.3 is 5.97 Å². The molecule has 2 N–H and O–H groups in total. The summed E-state index contributed by atoms with van der Waals surface area (Å²) in [6.45, 7) is 1.62. The minimum absolute atomic E-state index is 0.0735. The standard InChI is InChI=1S/C11H20N2O3/c1-8(13(2)7-10(14)15)11(16)12-9-5-3-4-6-9/h8-9H,3-7H2,1-2H3,(H,12,16)(H,14,15). The van der Waals surface area contributed by atoms with Crippen LogP contribution in [0, 0.1) is 0 Å².